The van der Waals surface area contributed by atoms with Crippen molar-refractivity contribution >= 4 is 32.8 Å². The lowest BCUT2D eigenvalue weighted by Gasteiger charge is -2.15. The molecule has 0 spiro atoms. The Balaban J connectivity index is 2.11. The molecule has 0 aliphatic heterocycles. The molecule has 0 radical (unpaired) electrons. The molecule has 1 aliphatic rings. The highest BCUT2D eigenvalue weighted by Gasteiger charge is 2.19. The zero-order valence-electron chi connectivity index (χ0n) is 10.8. The molecule has 2 N–H and O–H groups in total. The summed E-state index contributed by atoms with van der Waals surface area (Å²) in [7, 11) is 0. The van der Waals surface area contributed by atoms with Crippen LogP contribution in [0.2, 0.25) is 0 Å². The van der Waals surface area contributed by atoms with Crippen molar-refractivity contribution in [2.24, 2.45) is 0 Å². The SMILES string of the molecule is Cc1nc(N)nc2c(OC3CCCC3)cc(Br)cc12. The molecule has 19 heavy (non-hydrogen) atoms. The number of rotatable bonds is 2. The molecule has 0 unspecified atom stereocenters. The molecular weight excluding hydrogens is 306 g/mol. The third kappa shape index (κ3) is 2.52. The molecule has 2 aromatic rings. The largest absolute Gasteiger partial charge is 0.488 e. The van der Waals surface area contributed by atoms with Gasteiger partial charge in [0, 0.05) is 9.86 Å². The predicted octanol–water partition coefficient (Wildman–Crippen LogP) is 3.60. The molecule has 0 amide bonds. The number of benzene rings is 1. The molecule has 1 aromatic carbocycles. The van der Waals surface area contributed by atoms with Gasteiger partial charge >= 0.3 is 0 Å². The molecule has 0 saturated heterocycles. The van der Waals surface area contributed by atoms with Gasteiger partial charge in [0.15, 0.2) is 0 Å². The van der Waals surface area contributed by atoms with Crippen LogP contribution in [0.25, 0.3) is 10.9 Å². The summed E-state index contributed by atoms with van der Waals surface area (Å²) in [6.45, 7) is 1.94. The summed E-state index contributed by atoms with van der Waals surface area (Å²) in [6, 6.07) is 3.97. The lowest BCUT2D eigenvalue weighted by Crippen LogP contribution is -2.12. The van der Waals surface area contributed by atoms with Crippen LogP contribution < -0.4 is 10.5 Å². The fourth-order valence-electron chi connectivity index (χ4n) is 2.61. The van der Waals surface area contributed by atoms with Gasteiger partial charge in [-0.05, 0) is 44.7 Å². The molecule has 0 atom stereocenters. The number of ether oxygens (including phenoxy) is 1. The van der Waals surface area contributed by atoms with E-state index in [4.69, 9.17) is 10.5 Å². The van der Waals surface area contributed by atoms with Gasteiger partial charge < -0.3 is 10.5 Å². The van der Waals surface area contributed by atoms with Crippen molar-refractivity contribution in [1.29, 1.82) is 0 Å². The number of nitrogen functional groups attached to an aromatic ring is 1. The minimum Gasteiger partial charge on any atom is -0.488 e. The molecule has 4 nitrogen and oxygen atoms in total. The van der Waals surface area contributed by atoms with Gasteiger partial charge in [0.25, 0.3) is 0 Å². The first kappa shape index (κ1) is 12.7. The van der Waals surface area contributed by atoms with E-state index in [1.165, 1.54) is 12.8 Å². The number of aryl methyl sites for hydroxylation is 1. The van der Waals surface area contributed by atoms with Crippen LogP contribution in [0.3, 0.4) is 0 Å². The average Bonchev–Trinajstić information content (AvgIpc) is 2.83. The standard InChI is InChI=1S/C14H16BrN3O/c1-8-11-6-9(15)7-12(13(11)18-14(16)17-8)19-10-4-2-3-5-10/h6-7,10H,2-5H2,1H3,(H2,16,17,18). The molecule has 1 heterocycles. The van der Waals surface area contributed by atoms with E-state index in [1.54, 1.807) is 0 Å². The van der Waals surface area contributed by atoms with E-state index in [2.05, 4.69) is 25.9 Å². The Kier molecular flexibility index (Phi) is 3.31. The van der Waals surface area contributed by atoms with E-state index >= 15 is 0 Å². The molecule has 1 saturated carbocycles. The molecular formula is C14H16BrN3O. The first-order valence-corrected chi connectivity index (χ1v) is 7.33. The Morgan fingerprint density at radius 1 is 1.26 bits per heavy atom. The van der Waals surface area contributed by atoms with Crippen molar-refractivity contribution < 1.29 is 4.74 Å². The topological polar surface area (TPSA) is 61.0 Å². The van der Waals surface area contributed by atoms with E-state index in [9.17, 15) is 0 Å². The normalized spacial score (nSPS) is 16.1. The summed E-state index contributed by atoms with van der Waals surface area (Å²) >= 11 is 3.52. The van der Waals surface area contributed by atoms with Crippen molar-refractivity contribution in [3.8, 4) is 5.75 Å². The lowest BCUT2D eigenvalue weighted by atomic mass is 10.2. The Hall–Kier alpha value is -1.36. The van der Waals surface area contributed by atoms with Gasteiger partial charge in [-0.3, -0.25) is 0 Å². The molecule has 1 aliphatic carbocycles. The monoisotopic (exact) mass is 321 g/mol. The highest BCUT2D eigenvalue weighted by molar-refractivity contribution is 9.10. The second-order valence-electron chi connectivity index (χ2n) is 4.99. The molecule has 3 rings (SSSR count). The van der Waals surface area contributed by atoms with Crippen molar-refractivity contribution in [3.05, 3.63) is 22.3 Å². The lowest BCUT2D eigenvalue weighted by molar-refractivity contribution is 0.212. The maximum absolute atomic E-state index is 6.10. The maximum atomic E-state index is 6.10. The number of anilines is 1. The molecule has 1 aromatic heterocycles. The van der Waals surface area contributed by atoms with Crippen LogP contribution in [-0.2, 0) is 0 Å². The van der Waals surface area contributed by atoms with E-state index in [0.29, 0.717) is 12.1 Å². The van der Waals surface area contributed by atoms with E-state index in [1.807, 2.05) is 19.1 Å². The van der Waals surface area contributed by atoms with Crippen molar-refractivity contribution in [2.75, 3.05) is 5.73 Å². The summed E-state index contributed by atoms with van der Waals surface area (Å²) < 4.78 is 7.08. The van der Waals surface area contributed by atoms with E-state index < -0.39 is 0 Å². The molecule has 1 fully saturated rings. The Morgan fingerprint density at radius 3 is 2.74 bits per heavy atom. The predicted molar refractivity (Wildman–Crippen MR) is 79.3 cm³/mol. The first-order valence-electron chi connectivity index (χ1n) is 6.53. The van der Waals surface area contributed by atoms with E-state index in [-0.39, 0.29) is 0 Å². The van der Waals surface area contributed by atoms with Gasteiger partial charge in [-0.2, -0.15) is 0 Å². The third-order valence-electron chi connectivity index (χ3n) is 3.53. The summed E-state index contributed by atoms with van der Waals surface area (Å²) in [4.78, 5) is 8.55. The summed E-state index contributed by atoms with van der Waals surface area (Å²) in [6.07, 6.45) is 5.02. The minimum atomic E-state index is 0.295. The van der Waals surface area contributed by atoms with Crippen LogP contribution >= 0.6 is 15.9 Å². The number of nitrogens with two attached hydrogens (primary N) is 1. The van der Waals surface area contributed by atoms with Crippen molar-refractivity contribution in [2.45, 2.75) is 38.7 Å². The van der Waals surface area contributed by atoms with E-state index in [0.717, 1.165) is 39.7 Å². The summed E-state index contributed by atoms with van der Waals surface area (Å²) in [5.74, 6) is 1.09. The molecule has 5 heteroatoms. The van der Waals surface area contributed by atoms with Crippen molar-refractivity contribution in [1.82, 2.24) is 9.97 Å². The average molecular weight is 322 g/mol. The highest BCUT2D eigenvalue weighted by Crippen LogP contribution is 2.33. The number of halogens is 1. The van der Waals surface area contributed by atoms with Gasteiger partial charge in [-0.15, -0.1) is 0 Å². The quantitative estimate of drug-likeness (QED) is 0.917. The second kappa shape index (κ2) is 4.96. The summed E-state index contributed by atoms with van der Waals surface area (Å²) in [5.41, 5.74) is 7.43. The number of hydrogen-bond acceptors (Lipinski definition) is 4. The van der Waals surface area contributed by atoms with Gasteiger partial charge in [-0.25, -0.2) is 9.97 Å². The van der Waals surface area contributed by atoms with Gasteiger partial charge in [0.2, 0.25) is 5.95 Å². The van der Waals surface area contributed by atoms with Crippen LogP contribution in [0.5, 0.6) is 5.75 Å². The summed E-state index contributed by atoms with van der Waals surface area (Å²) in [5, 5.41) is 0.983. The fourth-order valence-corrected chi connectivity index (χ4v) is 3.05. The first-order chi connectivity index (χ1) is 9.13. The van der Waals surface area contributed by atoms with Crippen LogP contribution in [0.1, 0.15) is 31.4 Å². The Morgan fingerprint density at radius 2 is 2.00 bits per heavy atom. The zero-order chi connectivity index (χ0) is 13.4. The third-order valence-corrected chi connectivity index (χ3v) is 3.99. The number of fused-ring (bicyclic) bond motifs is 1. The van der Waals surface area contributed by atoms with Crippen LogP contribution in [0.15, 0.2) is 16.6 Å². The number of nitrogens with zero attached hydrogens (tertiary/aromatic N) is 2. The Labute approximate surface area is 120 Å². The maximum Gasteiger partial charge on any atom is 0.220 e. The minimum absolute atomic E-state index is 0.295. The van der Waals surface area contributed by atoms with Crippen LogP contribution in [0, 0.1) is 6.92 Å². The van der Waals surface area contributed by atoms with Crippen LogP contribution in [0.4, 0.5) is 5.95 Å². The van der Waals surface area contributed by atoms with Crippen molar-refractivity contribution in [3.63, 3.8) is 0 Å². The molecule has 0 bridgehead atoms. The van der Waals surface area contributed by atoms with Crippen LogP contribution in [-0.4, -0.2) is 16.1 Å². The number of aromatic nitrogens is 2. The second-order valence-corrected chi connectivity index (χ2v) is 5.91. The zero-order valence-corrected chi connectivity index (χ0v) is 12.4. The van der Waals surface area contributed by atoms with Gasteiger partial charge in [-0.1, -0.05) is 15.9 Å². The Bertz CT molecular complexity index is 624. The number of hydrogen-bond donors (Lipinski definition) is 1. The van der Waals surface area contributed by atoms with Gasteiger partial charge in [0.1, 0.15) is 11.3 Å². The fraction of sp³-hybridized carbons (Fsp3) is 0.429. The highest BCUT2D eigenvalue weighted by atomic mass is 79.9. The smallest absolute Gasteiger partial charge is 0.220 e. The van der Waals surface area contributed by atoms with Gasteiger partial charge in [0.05, 0.1) is 11.8 Å². The molecule has 100 valence electrons.